The number of hydrogen-bond acceptors (Lipinski definition) is 9. The van der Waals surface area contributed by atoms with E-state index >= 15 is 0 Å². The average molecular weight is 587 g/mol. The summed E-state index contributed by atoms with van der Waals surface area (Å²) in [5.41, 5.74) is 8.22. The van der Waals surface area contributed by atoms with Crippen molar-refractivity contribution in [3.63, 3.8) is 0 Å². The molecule has 0 radical (unpaired) electrons. The van der Waals surface area contributed by atoms with Gasteiger partial charge in [0.15, 0.2) is 28.2 Å². The number of rotatable bonds is 7. The van der Waals surface area contributed by atoms with Gasteiger partial charge in [0, 0.05) is 41.3 Å². The number of furan rings is 1. The molecule has 10 nitrogen and oxygen atoms in total. The fraction of sp³-hybridized carbons (Fsp3) is 0.400. The lowest BCUT2D eigenvalue weighted by Crippen LogP contribution is -2.44. The van der Waals surface area contributed by atoms with Crippen LogP contribution in [0.2, 0.25) is 0 Å². The quantitative estimate of drug-likeness (QED) is 0.307. The molecule has 4 aromatic rings. The van der Waals surface area contributed by atoms with Crippen molar-refractivity contribution in [1.82, 2.24) is 24.4 Å². The number of nitrogen functional groups attached to an aromatic ring is 1. The van der Waals surface area contributed by atoms with Crippen LogP contribution in [0.4, 0.5) is 5.82 Å². The van der Waals surface area contributed by atoms with E-state index in [0.29, 0.717) is 42.5 Å². The number of esters is 1. The van der Waals surface area contributed by atoms with Gasteiger partial charge in [-0.05, 0) is 66.2 Å². The number of nitrogens with zero attached hydrogens (tertiary/aromatic N) is 5. The number of carbonyl (C=O) groups excluding carboxylic acids is 2. The Morgan fingerprint density at radius 2 is 2.08 bits per heavy atom. The van der Waals surface area contributed by atoms with Crippen LogP contribution in [0.1, 0.15) is 33.1 Å². The number of piperidine rings is 1. The summed E-state index contributed by atoms with van der Waals surface area (Å²) in [6, 6.07) is 5.95. The fourth-order valence-electron chi connectivity index (χ4n) is 4.66. The second-order valence-corrected chi connectivity index (χ2v) is 11.0. The summed E-state index contributed by atoms with van der Waals surface area (Å²) < 4.78 is 13.7. The number of benzene rings is 1. The predicted octanol–water partition coefficient (Wildman–Crippen LogP) is 4.65. The van der Waals surface area contributed by atoms with E-state index in [-0.39, 0.29) is 5.91 Å². The number of ether oxygens (including phenoxy) is 1. The minimum absolute atomic E-state index is 0.140. The number of halogens is 1. The van der Waals surface area contributed by atoms with Gasteiger partial charge in [-0.25, -0.2) is 15.0 Å². The minimum Gasteiger partial charge on any atom is -0.464 e. The third-order valence-electron chi connectivity index (χ3n) is 6.61. The molecule has 0 spiro atoms. The van der Waals surface area contributed by atoms with Crippen LogP contribution in [0.3, 0.4) is 0 Å². The Hall–Kier alpha value is -3.12. The second kappa shape index (κ2) is 10.7. The molecule has 37 heavy (non-hydrogen) atoms. The molecule has 1 saturated heterocycles. The molecule has 1 aromatic carbocycles. The number of imidazole rings is 1. The first-order valence-corrected chi connectivity index (χ1v) is 13.7. The van der Waals surface area contributed by atoms with Crippen LogP contribution in [-0.4, -0.2) is 55.5 Å². The molecule has 1 fully saturated rings. The average Bonchev–Trinajstić information content (AvgIpc) is 3.47. The third kappa shape index (κ3) is 5.45. The van der Waals surface area contributed by atoms with E-state index in [0.717, 1.165) is 44.8 Å². The molecule has 1 unspecified atom stereocenters. The van der Waals surface area contributed by atoms with Gasteiger partial charge in [0.2, 0.25) is 0 Å². The lowest BCUT2D eigenvalue weighted by atomic mass is 9.93. The number of hydrogen-bond donors (Lipinski definition) is 1. The van der Waals surface area contributed by atoms with Crippen LogP contribution < -0.4 is 5.73 Å². The Morgan fingerprint density at radius 1 is 1.30 bits per heavy atom. The van der Waals surface area contributed by atoms with E-state index in [2.05, 4.69) is 30.5 Å². The summed E-state index contributed by atoms with van der Waals surface area (Å²) in [5, 5.41) is 1.79. The van der Waals surface area contributed by atoms with Crippen LogP contribution in [-0.2, 0) is 20.9 Å². The maximum absolute atomic E-state index is 12.6. The standard InChI is InChI=1S/C25H27BrN6O4S/c1-14(36-15(2)33)24(34)31-7-3-16(4-8-31)5-9-32-23-21(22(27)28-13-29-23)30-25(32)37-20-12-19-17(6-10-35-19)11-18(20)26/h6,10-14,16H,3-5,7-9H2,1-2H3,(H2,27,28,29). The zero-order valence-corrected chi connectivity index (χ0v) is 22.9. The molecule has 4 heterocycles. The number of aromatic nitrogens is 4. The highest BCUT2D eigenvalue weighted by molar-refractivity contribution is 9.10. The van der Waals surface area contributed by atoms with Gasteiger partial charge >= 0.3 is 5.97 Å². The number of aryl methyl sites for hydroxylation is 1. The van der Waals surface area contributed by atoms with Gasteiger partial charge in [-0.15, -0.1) is 0 Å². The molecule has 2 N–H and O–H groups in total. The predicted molar refractivity (Wildman–Crippen MR) is 143 cm³/mol. The largest absolute Gasteiger partial charge is 0.464 e. The van der Waals surface area contributed by atoms with E-state index in [1.54, 1.807) is 18.1 Å². The van der Waals surface area contributed by atoms with Crippen molar-refractivity contribution in [2.45, 2.75) is 55.8 Å². The molecule has 0 saturated carbocycles. The monoisotopic (exact) mass is 586 g/mol. The Balaban J connectivity index is 1.31. The molecule has 5 rings (SSSR count). The van der Waals surface area contributed by atoms with Gasteiger partial charge in [0.05, 0.1) is 6.26 Å². The van der Waals surface area contributed by atoms with E-state index in [9.17, 15) is 9.59 Å². The molecule has 12 heteroatoms. The zero-order chi connectivity index (χ0) is 26.1. The highest BCUT2D eigenvalue weighted by Gasteiger charge is 2.28. The number of carbonyl (C=O) groups is 2. The lowest BCUT2D eigenvalue weighted by Gasteiger charge is -2.33. The van der Waals surface area contributed by atoms with Gasteiger partial charge < -0.3 is 24.4 Å². The van der Waals surface area contributed by atoms with Gasteiger partial charge in [-0.2, -0.15) is 0 Å². The SMILES string of the molecule is CC(=O)OC(C)C(=O)N1CCC(CCn2c(Sc3cc4occc4cc3Br)nc3c(N)ncnc32)CC1. The first-order chi connectivity index (χ1) is 17.8. The Morgan fingerprint density at radius 3 is 2.84 bits per heavy atom. The van der Waals surface area contributed by atoms with E-state index in [1.807, 2.05) is 18.2 Å². The lowest BCUT2D eigenvalue weighted by molar-refractivity contribution is -0.158. The summed E-state index contributed by atoms with van der Waals surface area (Å²) in [4.78, 5) is 39.9. The van der Waals surface area contributed by atoms with Crippen LogP contribution in [0.15, 0.2) is 49.7 Å². The second-order valence-electron chi connectivity index (χ2n) is 9.13. The van der Waals surface area contributed by atoms with Crippen LogP contribution >= 0.6 is 27.7 Å². The molecular weight excluding hydrogens is 560 g/mol. The van der Waals surface area contributed by atoms with Crippen molar-refractivity contribution >= 4 is 67.5 Å². The Labute approximate surface area is 226 Å². The van der Waals surface area contributed by atoms with Crippen molar-refractivity contribution in [2.24, 2.45) is 5.92 Å². The summed E-state index contributed by atoms with van der Waals surface area (Å²) in [6.45, 7) is 4.93. The van der Waals surface area contributed by atoms with Crippen molar-refractivity contribution in [3.05, 3.63) is 35.3 Å². The van der Waals surface area contributed by atoms with Gasteiger partial charge in [0.25, 0.3) is 5.91 Å². The van der Waals surface area contributed by atoms with Crippen LogP contribution in [0.25, 0.3) is 22.1 Å². The van der Waals surface area contributed by atoms with E-state index < -0.39 is 12.1 Å². The molecule has 1 amide bonds. The number of anilines is 1. The highest BCUT2D eigenvalue weighted by atomic mass is 79.9. The topological polar surface area (TPSA) is 129 Å². The summed E-state index contributed by atoms with van der Waals surface area (Å²) >= 11 is 5.19. The molecule has 1 atom stereocenters. The van der Waals surface area contributed by atoms with E-state index in [1.165, 1.54) is 25.0 Å². The Kier molecular flexibility index (Phi) is 7.38. The van der Waals surface area contributed by atoms with Crippen molar-refractivity contribution in [1.29, 1.82) is 0 Å². The van der Waals surface area contributed by atoms with Crippen LogP contribution in [0, 0.1) is 5.92 Å². The smallest absolute Gasteiger partial charge is 0.303 e. The molecule has 3 aromatic heterocycles. The number of fused-ring (bicyclic) bond motifs is 2. The summed E-state index contributed by atoms with van der Waals surface area (Å²) in [7, 11) is 0. The van der Waals surface area contributed by atoms with E-state index in [4.69, 9.17) is 19.9 Å². The zero-order valence-electron chi connectivity index (χ0n) is 20.5. The Bertz CT molecular complexity index is 1460. The molecule has 1 aliphatic heterocycles. The molecule has 194 valence electrons. The summed E-state index contributed by atoms with van der Waals surface area (Å²) in [5.74, 6) is 0.199. The van der Waals surface area contributed by atoms with Crippen molar-refractivity contribution < 1.29 is 18.7 Å². The number of likely N-dealkylation sites (tertiary alicyclic amines) is 1. The maximum Gasteiger partial charge on any atom is 0.303 e. The fourth-order valence-corrected chi connectivity index (χ4v) is 6.21. The first kappa shape index (κ1) is 25.5. The van der Waals surface area contributed by atoms with Crippen molar-refractivity contribution in [3.8, 4) is 0 Å². The van der Waals surface area contributed by atoms with Gasteiger partial charge in [0.1, 0.15) is 11.9 Å². The van der Waals surface area contributed by atoms with Gasteiger partial charge in [-0.1, -0.05) is 11.8 Å². The number of amides is 1. The van der Waals surface area contributed by atoms with Gasteiger partial charge in [-0.3, -0.25) is 9.59 Å². The molecular formula is C25H27BrN6O4S. The molecule has 0 aliphatic carbocycles. The highest BCUT2D eigenvalue weighted by Crippen LogP contribution is 2.38. The normalized spacial score (nSPS) is 15.4. The van der Waals surface area contributed by atoms with Crippen LogP contribution in [0.5, 0.6) is 0 Å². The molecule has 1 aliphatic rings. The summed E-state index contributed by atoms with van der Waals surface area (Å²) in [6.07, 6.45) is 5.05. The first-order valence-electron chi connectivity index (χ1n) is 12.1. The molecule has 0 bridgehead atoms. The maximum atomic E-state index is 12.6. The minimum atomic E-state index is -0.754. The number of nitrogens with two attached hydrogens (primary N) is 1. The van der Waals surface area contributed by atoms with Crippen molar-refractivity contribution in [2.75, 3.05) is 18.8 Å². The third-order valence-corrected chi connectivity index (χ3v) is 8.58.